The maximum Gasteiger partial charge on any atom is 0.216 e. The lowest BCUT2D eigenvalue weighted by Crippen LogP contribution is -2.35. The number of carbonyl (C=O) groups excluding carboxylic acids is 1. The van der Waals surface area contributed by atoms with Gasteiger partial charge >= 0.3 is 0 Å². The molecule has 1 atom stereocenters. The van der Waals surface area contributed by atoms with Gasteiger partial charge in [0.1, 0.15) is 6.09 Å². The van der Waals surface area contributed by atoms with E-state index in [9.17, 15) is 14.1 Å². The maximum atomic E-state index is 9.60. The molecule has 0 rings (SSSR count). The smallest absolute Gasteiger partial charge is 0.216 e. The molecule has 0 aromatic carbocycles. The normalized spacial score (nSPS) is 12.7. The molecule has 0 saturated carbocycles. The molecule has 0 aromatic heterocycles. The Hall–Kier alpha value is -0.290. The van der Waals surface area contributed by atoms with Crippen LogP contribution in [-0.2, 0) is 10.2 Å². The van der Waals surface area contributed by atoms with Gasteiger partial charge in [0, 0.05) is 10.7 Å². The van der Waals surface area contributed by atoms with Crippen LogP contribution in [0, 0.1) is 0 Å². The second-order valence-corrected chi connectivity index (χ2v) is 2.10. The average Bonchev–Trinajstić information content (AvgIpc) is 1.27. The van der Waals surface area contributed by atoms with E-state index in [1.54, 1.807) is 0 Å². The Labute approximate surface area is 46.6 Å². The summed E-state index contributed by atoms with van der Waals surface area (Å²) in [4.78, 5) is 9.31. The van der Waals surface area contributed by atoms with E-state index in [-0.39, 0.29) is 0 Å². The number of rotatable bonds is 1. The predicted molar refractivity (Wildman–Crippen MR) is 22.5 cm³/mol. The Kier molecular flexibility index (Phi) is 2.70. The van der Waals surface area contributed by atoms with Crippen LogP contribution in [0.2, 0.25) is 0 Å². The number of carbonyl (C=O) groups is 1. The summed E-state index contributed by atoms with van der Waals surface area (Å²) in [5.41, 5.74) is 0. The second kappa shape index (κ2) is 2.81. The van der Waals surface area contributed by atoms with E-state index in [0.717, 1.165) is 0 Å². The van der Waals surface area contributed by atoms with Crippen molar-refractivity contribution in [3.8, 4) is 0 Å². The summed E-state index contributed by atoms with van der Waals surface area (Å²) in [6.45, 7) is 0. The van der Waals surface area contributed by atoms with Gasteiger partial charge in [-0.25, -0.2) is 4.21 Å². The van der Waals surface area contributed by atoms with Crippen molar-refractivity contribution in [2.75, 3.05) is 0 Å². The lowest BCUT2D eigenvalue weighted by Gasteiger charge is -1.95. The molecule has 1 unspecified atom stereocenters. The number of carboxylic acid groups (broad SMARTS) is 1. The number of hydrogen-bond acceptors (Lipinski definition) is 3. The molecule has 1 N–H and O–H groups in total. The molecule has 0 aliphatic rings. The van der Waals surface area contributed by atoms with Crippen molar-refractivity contribution in [2.45, 2.75) is 0 Å². The number of nitrogens with one attached hydrogen (secondary N) is 1. The first-order chi connectivity index (χ1) is 3.13. The molecule has 0 spiro atoms. The molecule has 0 aromatic rings. The van der Waals surface area contributed by atoms with Gasteiger partial charge < -0.3 is 9.90 Å². The first-order valence-corrected chi connectivity index (χ1v) is 3.16. The van der Waals surface area contributed by atoms with E-state index in [2.05, 4.69) is 10.7 Å². The summed E-state index contributed by atoms with van der Waals surface area (Å²) in [5.74, 6) is 0. The lowest BCUT2D eigenvalue weighted by atomic mass is 11.3. The molecule has 0 bridgehead atoms. The molecule has 1 amide bonds. The van der Waals surface area contributed by atoms with Gasteiger partial charge in [0.15, 0.2) is 0 Å². The van der Waals surface area contributed by atoms with Crippen LogP contribution >= 0.6 is 10.7 Å². The fourth-order valence-electron chi connectivity index (χ4n) is 0.0655. The van der Waals surface area contributed by atoms with Gasteiger partial charge in [0.25, 0.3) is 0 Å². The molecule has 6 heteroatoms. The van der Waals surface area contributed by atoms with Crippen molar-refractivity contribution in [3.05, 3.63) is 0 Å². The third-order valence-corrected chi connectivity index (χ3v) is 0.722. The zero-order valence-corrected chi connectivity index (χ0v) is 4.58. The van der Waals surface area contributed by atoms with Crippen molar-refractivity contribution in [2.24, 2.45) is 0 Å². The highest BCUT2D eigenvalue weighted by Crippen LogP contribution is 1.76. The summed E-state index contributed by atoms with van der Waals surface area (Å²) < 4.78 is 10.9. The summed E-state index contributed by atoms with van der Waals surface area (Å²) in [6, 6.07) is 0. The van der Waals surface area contributed by atoms with E-state index in [0.29, 0.717) is 0 Å². The van der Waals surface area contributed by atoms with Crippen LogP contribution in [0.25, 0.3) is 0 Å². The van der Waals surface area contributed by atoms with E-state index in [1.807, 2.05) is 0 Å². The van der Waals surface area contributed by atoms with Gasteiger partial charge in [-0.15, -0.1) is 0 Å². The van der Waals surface area contributed by atoms with Gasteiger partial charge in [0.2, 0.25) is 10.2 Å². The molecule has 0 aliphatic heterocycles. The van der Waals surface area contributed by atoms with Crippen molar-refractivity contribution in [1.29, 1.82) is 0 Å². The minimum absolute atomic E-state index is 1.35. The molecule has 42 valence electrons. The van der Waals surface area contributed by atoms with Gasteiger partial charge in [-0.2, -0.15) is 0 Å². The molecule has 7 heavy (non-hydrogen) atoms. The number of hydrogen-bond donors (Lipinski definition) is 1. The molecule has 0 saturated heterocycles. The van der Waals surface area contributed by atoms with Crippen LogP contribution in [0.3, 0.4) is 0 Å². The number of amides is 1. The van der Waals surface area contributed by atoms with Crippen LogP contribution in [0.5, 0.6) is 0 Å². The number of halogens is 1. The van der Waals surface area contributed by atoms with E-state index in [1.165, 1.54) is 4.72 Å². The zero-order chi connectivity index (χ0) is 5.86. The second-order valence-electron chi connectivity index (χ2n) is 0.613. The van der Waals surface area contributed by atoms with Crippen molar-refractivity contribution in [3.63, 3.8) is 0 Å². The monoisotopic (exact) mass is 142 g/mol. The van der Waals surface area contributed by atoms with Crippen molar-refractivity contribution in [1.82, 2.24) is 4.72 Å². The predicted octanol–water partition coefficient (Wildman–Crippen LogP) is -1.26. The van der Waals surface area contributed by atoms with Crippen LogP contribution in [0.4, 0.5) is 4.79 Å². The van der Waals surface area contributed by atoms with Gasteiger partial charge in [-0.1, -0.05) is 0 Å². The van der Waals surface area contributed by atoms with Crippen molar-refractivity contribution >= 4 is 27.0 Å². The van der Waals surface area contributed by atoms with Crippen molar-refractivity contribution < 1.29 is 14.1 Å². The molecule has 0 aliphatic carbocycles. The summed E-state index contributed by atoms with van der Waals surface area (Å²) in [6.07, 6.45) is -1.65. The largest absolute Gasteiger partial charge is 0.529 e. The lowest BCUT2D eigenvalue weighted by molar-refractivity contribution is -0.247. The van der Waals surface area contributed by atoms with E-state index >= 15 is 0 Å². The van der Waals surface area contributed by atoms with Gasteiger partial charge in [-0.05, 0) is 0 Å². The minimum Gasteiger partial charge on any atom is -0.529 e. The Balaban J connectivity index is 3.32. The summed E-state index contributed by atoms with van der Waals surface area (Å²) in [7, 11) is 2.58. The maximum absolute atomic E-state index is 9.60. The minimum atomic E-state index is -2.04. The first-order valence-electron chi connectivity index (χ1n) is 1.18. The topological polar surface area (TPSA) is 69.2 Å². The molecule has 0 heterocycles. The quantitative estimate of drug-likeness (QED) is 0.465. The van der Waals surface area contributed by atoms with E-state index < -0.39 is 16.3 Å². The zero-order valence-electron chi connectivity index (χ0n) is 3.01. The summed E-state index contributed by atoms with van der Waals surface area (Å²) in [5, 5.41) is 9.31. The Morgan fingerprint density at radius 2 is 2.29 bits per heavy atom. The fraction of sp³-hybridized carbons (Fsp3) is 0. The highest BCUT2D eigenvalue weighted by atomic mass is 35.7. The average molecular weight is 143 g/mol. The third kappa shape index (κ3) is 5.71. The van der Waals surface area contributed by atoms with Crippen LogP contribution in [0.1, 0.15) is 0 Å². The van der Waals surface area contributed by atoms with Gasteiger partial charge in [0.05, 0.1) is 0 Å². The van der Waals surface area contributed by atoms with E-state index in [4.69, 9.17) is 0 Å². The highest BCUT2D eigenvalue weighted by molar-refractivity contribution is 8.07. The Morgan fingerprint density at radius 3 is 2.29 bits per heavy atom. The fourth-order valence-corrected chi connectivity index (χ4v) is 0.386. The van der Waals surface area contributed by atoms with Crippen LogP contribution in [0.15, 0.2) is 0 Å². The van der Waals surface area contributed by atoms with Crippen LogP contribution in [-0.4, -0.2) is 10.3 Å². The Bertz CT molecular complexity index is 91.1. The molecule has 0 radical (unpaired) electrons. The first kappa shape index (κ1) is 6.71. The molecule has 4 nitrogen and oxygen atoms in total. The third-order valence-electron chi connectivity index (χ3n) is 0.164. The molecular formula is CHClNO3S-. The molecular weight excluding hydrogens is 142 g/mol. The standard InChI is InChI=1S/CH2ClNO3S/c2-7(6)3-1(4)5/h3H,(H,4,5)/p-1. The Morgan fingerprint density at radius 1 is 1.86 bits per heavy atom. The SMILES string of the molecule is O=C([O-])NS(=O)Cl. The highest BCUT2D eigenvalue weighted by Gasteiger charge is 1.85. The van der Waals surface area contributed by atoms with Crippen LogP contribution < -0.4 is 9.83 Å². The summed E-state index contributed by atoms with van der Waals surface area (Å²) >= 11 is 0. The van der Waals surface area contributed by atoms with Gasteiger partial charge in [-0.3, -0.25) is 4.72 Å². The molecule has 0 fully saturated rings.